The van der Waals surface area contributed by atoms with Crippen LogP contribution >= 0.6 is 11.3 Å². The van der Waals surface area contributed by atoms with Crippen LogP contribution in [0.3, 0.4) is 0 Å². The minimum atomic E-state index is -0.791. The van der Waals surface area contributed by atoms with E-state index >= 15 is 0 Å². The fourth-order valence-electron chi connectivity index (χ4n) is 3.07. The highest BCUT2D eigenvalue weighted by Gasteiger charge is 2.27. The molecule has 0 atom stereocenters. The largest absolute Gasteiger partial charge is 0.481 e. The zero-order valence-corrected chi connectivity index (χ0v) is 15.2. The Morgan fingerprint density at radius 2 is 2.08 bits per heavy atom. The molecule has 0 aromatic carbocycles. The Kier molecular flexibility index (Phi) is 5.41. The SMILES string of the molecule is Cc1cc(NC(=O)c2ccco2)sc1C(=O)N1CCC(CC(=O)O)CC1. The monoisotopic (exact) mass is 376 g/mol. The lowest BCUT2D eigenvalue weighted by atomic mass is 9.93. The second-order valence-corrected chi connectivity index (χ2v) is 7.44. The van der Waals surface area contributed by atoms with Crippen molar-refractivity contribution < 1.29 is 23.9 Å². The van der Waals surface area contributed by atoms with Gasteiger partial charge in [0, 0.05) is 19.5 Å². The Balaban J connectivity index is 1.63. The molecule has 0 aliphatic carbocycles. The van der Waals surface area contributed by atoms with Gasteiger partial charge in [0.25, 0.3) is 11.8 Å². The first kappa shape index (κ1) is 18.2. The van der Waals surface area contributed by atoms with Crippen molar-refractivity contribution in [3.63, 3.8) is 0 Å². The molecule has 2 aromatic heterocycles. The molecule has 138 valence electrons. The van der Waals surface area contributed by atoms with E-state index in [2.05, 4.69) is 5.32 Å². The van der Waals surface area contributed by atoms with Crippen molar-refractivity contribution in [2.24, 2.45) is 5.92 Å². The molecule has 1 aliphatic rings. The topological polar surface area (TPSA) is 99.9 Å². The Bertz CT molecular complexity index is 804. The van der Waals surface area contributed by atoms with E-state index in [1.807, 2.05) is 6.92 Å². The van der Waals surface area contributed by atoms with Crippen LogP contribution in [-0.4, -0.2) is 40.9 Å². The average Bonchev–Trinajstić information content (AvgIpc) is 3.24. The molecule has 1 aliphatic heterocycles. The lowest BCUT2D eigenvalue weighted by Crippen LogP contribution is -2.38. The van der Waals surface area contributed by atoms with Crippen LogP contribution in [0.2, 0.25) is 0 Å². The van der Waals surface area contributed by atoms with Gasteiger partial charge in [0.2, 0.25) is 0 Å². The molecule has 1 saturated heterocycles. The van der Waals surface area contributed by atoms with Crippen molar-refractivity contribution in [3.8, 4) is 0 Å². The van der Waals surface area contributed by atoms with Crippen LogP contribution in [0.1, 0.15) is 45.1 Å². The van der Waals surface area contributed by atoms with Gasteiger partial charge in [-0.15, -0.1) is 11.3 Å². The van der Waals surface area contributed by atoms with Gasteiger partial charge in [-0.1, -0.05) is 0 Å². The first-order valence-electron chi connectivity index (χ1n) is 8.40. The third-order valence-corrected chi connectivity index (χ3v) is 5.60. The Morgan fingerprint density at radius 1 is 1.35 bits per heavy atom. The summed E-state index contributed by atoms with van der Waals surface area (Å²) in [5, 5.41) is 12.2. The summed E-state index contributed by atoms with van der Waals surface area (Å²) in [7, 11) is 0. The molecular weight excluding hydrogens is 356 g/mol. The van der Waals surface area contributed by atoms with Crippen LogP contribution in [0.15, 0.2) is 28.9 Å². The lowest BCUT2D eigenvalue weighted by molar-refractivity contribution is -0.138. The molecule has 0 bridgehead atoms. The predicted molar refractivity (Wildman–Crippen MR) is 96.6 cm³/mol. The molecule has 3 rings (SSSR count). The van der Waals surface area contributed by atoms with Gasteiger partial charge in [-0.25, -0.2) is 0 Å². The van der Waals surface area contributed by atoms with Gasteiger partial charge in [0.1, 0.15) is 0 Å². The maximum atomic E-state index is 12.8. The Hall–Kier alpha value is -2.61. The molecule has 2 amide bonds. The highest BCUT2D eigenvalue weighted by Crippen LogP contribution is 2.30. The number of hydrogen-bond acceptors (Lipinski definition) is 5. The molecule has 3 heterocycles. The van der Waals surface area contributed by atoms with E-state index in [0.29, 0.717) is 35.8 Å². The summed E-state index contributed by atoms with van der Waals surface area (Å²) in [5.41, 5.74) is 0.808. The summed E-state index contributed by atoms with van der Waals surface area (Å²) in [5.74, 6) is -0.876. The molecule has 0 saturated carbocycles. The number of piperidine rings is 1. The van der Waals surface area contributed by atoms with Crippen molar-refractivity contribution in [1.29, 1.82) is 0 Å². The predicted octanol–water partition coefficient (Wildman–Crippen LogP) is 3.23. The van der Waals surface area contributed by atoms with Crippen molar-refractivity contribution in [2.45, 2.75) is 26.2 Å². The number of furan rings is 1. The smallest absolute Gasteiger partial charge is 0.303 e. The number of nitrogens with one attached hydrogen (secondary N) is 1. The van der Waals surface area contributed by atoms with Crippen LogP contribution in [-0.2, 0) is 4.79 Å². The highest BCUT2D eigenvalue weighted by molar-refractivity contribution is 7.18. The maximum absolute atomic E-state index is 12.8. The van der Waals surface area contributed by atoms with Crippen LogP contribution in [0, 0.1) is 12.8 Å². The number of likely N-dealkylation sites (tertiary alicyclic amines) is 1. The number of thiophene rings is 1. The molecule has 2 aromatic rings. The molecule has 1 fully saturated rings. The minimum absolute atomic E-state index is 0.0697. The summed E-state index contributed by atoms with van der Waals surface area (Å²) in [6.07, 6.45) is 2.98. The fraction of sp³-hybridized carbons (Fsp3) is 0.389. The first-order chi connectivity index (χ1) is 12.4. The van der Waals surface area contributed by atoms with Crippen LogP contribution in [0.25, 0.3) is 0 Å². The van der Waals surface area contributed by atoms with Crippen molar-refractivity contribution in [2.75, 3.05) is 18.4 Å². The van der Waals surface area contributed by atoms with Gasteiger partial charge >= 0.3 is 5.97 Å². The van der Waals surface area contributed by atoms with Crippen molar-refractivity contribution >= 4 is 34.1 Å². The summed E-state index contributed by atoms with van der Waals surface area (Å²) >= 11 is 1.24. The van der Waals surface area contributed by atoms with Gasteiger partial charge in [-0.3, -0.25) is 14.4 Å². The number of carboxylic acid groups (broad SMARTS) is 1. The quantitative estimate of drug-likeness (QED) is 0.834. The third-order valence-electron chi connectivity index (χ3n) is 4.46. The standard InChI is InChI=1S/C18H20N2O5S/c1-11-9-14(19-17(23)13-3-2-8-25-13)26-16(11)18(24)20-6-4-12(5-7-20)10-15(21)22/h2-3,8-9,12H,4-7,10H2,1H3,(H,19,23)(H,21,22). The van der Waals surface area contributed by atoms with Crippen LogP contribution in [0.5, 0.6) is 0 Å². The number of carbonyl (C=O) groups excluding carboxylic acids is 2. The van der Waals surface area contributed by atoms with Gasteiger partial charge in [0.05, 0.1) is 16.1 Å². The normalized spacial score (nSPS) is 15.0. The van der Waals surface area contributed by atoms with Crippen molar-refractivity contribution in [1.82, 2.24) is 4.90 Å². The van der Waals surface area contributed by atoms with E-state index in [1.165, 1.54) is 17.6 Å². The number of aliphatic carboxylic acids is 1. The molecule has 26 heavy (non-hydrogen) atoms. The number of aryl methyl sites for hydroxylation is 1. The maximum Gasteiger partial charge on any atom is 0.303 e. The molecule has 7 nitrogen and oxygen atoms in total. The second-order valence-electron chi connectivity index (χ2n) is 6.39. The van der Waals surface area contributed by atoms with E-state index in [9.17, 15) is 14.4 Å². The average molecular weight is 376 g/mol. The van der Waals surface area contributed by atoms with E-state index in [-0.39, 0.29) is 29.9 Å². The molecule has 8 heteroatoms. The number of hydrogen-bond donors (Lipinski definition) is 2. The minimum Gasteiger partial charge on any atom is -0.481 e. The highest BCUT2D eigenvalue weighted by atomic mass is 32.1. The molecule has 0 radical (unpaired) electrons. The van der Waals surface area contributed by atoms with E-state index in [1.54, 1.807) is 23.1 Å². The van der Waals surface area contributed by atoms with E-state index in [4.69, 9.17) is 9.52 Å². The van der Waals surface area contributed by atoms with Crippen molar-refractivity contribution in [3.05, 3.63) is 40.7 Å². The third kappa shape index (κ3) is 4.13. The Morgan fingerprint density at radius 3 is 2.69 bits per heavy atom. The van der Waals surface area contributed by atoms with Gasteiger partial charge < -0.3 is 19.7 Å². The number of nitrogens with zero attached hydrogens (tertiary/aromatic N) is 1. The summed E-state index contributed by atoms with van der Waals surface area (Å²) in [6.45, 7) is 2.95. The summed E-state index contributed by atoms with van der Waals surface area (Å²) in [4.78, 5) is 38.0. The van der Waals surface area contributed by atoms with Gasteiger partial charge in [0.15, 0.2) is 5.76 Å². The molecule has 0 unspecified atom stereocenters. The number of carboxylic acids is 1. The zero-order valence-electron chi connectivity index (χ0n) is 14.4. The molecule has 2 N–H and O–H groups in total. The van der Waals surface area contributed by atoms with Gasteiger partial charge in [-0.2, -0.15) is 0 Å². The molecular formula is C18H20N2O5S. The first-order valence-corrected chi connectivity index (χ1v) is 9.22. The van der Waals surface area contributed by atoms with Crippen LogP contribution in [0.4, 0.5) is 5.00 Å². The van der Waals surface area contributed by atoms with Crippen LogP contribution < -0.4 is 5.32 Å². The molecule has 0 spiro atoms. The fourth-order valence-corrected chi connectivity index (χ4v) is 4.10. The zero-order chi connectivity index (χ0) is 18.7. The summed E-state index contributed by atoms with van der Waals surface area (Å²) < 4.78 is 5.06. The lowest BCUT2D eigenvalue weighted by Gasteiger charge is -2.31. The number of rotatable bonds is 5. The van der Waals surface area contributed by atoms with Gasteiger partial charge in [-0.05, 0) is 49.4 Å². The number of anilines is 1. The van der Waals surface area contributed by atoms with E-state index < -0.39 is 5.97 Å². The number of carbonyl (C=O) groups is 3. The Labute approximate surface area is 154 Å². The number of amides is 2. The van der Waals surface area contributed by atoms with E-state index in [0.717, 1.165) is 5.56 Å². The summed E-state index contributed by atoms with van der Waals surface area (Å²) in [6, 6.07) is 4.98. The second kappa shape index (κ2) is 7.74.